The predicted molar refractivity (Wildman–Crippen MR) is 53.8 cm³/mol. The fraction of sp³-hybridized carbons (Fsp3) is 0.222. The Morgan fingerprint density at radius 3 is 2.93 bits per heavy atom. The standard InChI is InChI=1S/C9H9N3OS/c1-6(13)8-4-14-9(12-8)7-2-3-10-5-11-7/h2-6,13H,1H3. The lowest BCUT2D eigenvalue weighted by molar-refractivity contribution is 0.195. The van der Waals surface area contributed by atoms with Gasteiger partial charge in [-0.2, -0.15) is 0 Å². The van der Waals surface area contributed by atoms with Crippen molar-refractivity contribution in [1.29, 1.82) is 0 Å². The Labute approximate surface area is 85.3 Å². The first-order chi connectivity index (χ1) is 6.77. The zero-order chi connectivity index (χ0) is 9.97. The Morgan fingerprint density at radius 1 is 1.50 bits per heavy atom. The molecular formula is C9H9N3OS. The maximum Gasteiger partial charge on any atom is 0.142 e. The van der Waals surface area contributed by atoms with Crippen LogP contribution in [0.2, 0.25) is 0 Å². The molecule has 0 fully saturated rings. The highest BCUT2D eigenvalue weighted by molar-refractivity contribution is 7.13. The molecule has 0 aliphatic rings. The molecule has 0 amide bonds. The molecule has 0 spiro atoms. The van der Waals surface area contributed by atoms with Crippen molar-refractivity contribution in [3.8, 4) is 10.7 Å². The zero-order valence-corrected chi connectivity index (χ0v) is 8.40. The molecule has 2 rings (SSSR count). The first kappa shape index (κ1) is 9.23. The number of hydrogen-bond acceptors (Lipinski definition) is 5. The molecule has 2 aromatic rings. The van der Waals surface area contributed by atoms with E-state index < -0.39 is 6.10 Å². The third-order valence-electron chi connectivity index (χ3n) is 1.75. The maximum atomic E-state index is 9.30. The summed E-state index contributed by atoms with van der Waals surface area (Å²) in [5, 5.41) is 11.9. The Morgan fingerprint density at radius 2 is 2.36 bits per heavy atom. The van der Waals surface area contributed by atoms with Crippen LogP contribution in [0.5, 0.6) is 0 Å². The SMILES string of the molecule is CC(O)c1csc(-c2ccncn2)n1. The fourth-order valence-corrected chi connectivity index (χ4v) is 1.89. The number of aromatic nitrogens is 3. The summed E-state index contributed by atoms with van der Waals surface area (Å²) in [5.74, 6) is 0. The van der Waals surface area contributed by atoms with Crippen LogP contribution in [-0.2, 0) is 0 Å². The van der Waals surface area contributed by atoms with Crippen LogP contribution in [0, 0.1) is 0 Å². The van der Waals surface area contributed by atoms with E-state index in [0.717, 1.165) is 10.7 Å². The molecule has 0 saturated heterocycles. The van der Waals surface area contributed by atoms with Gasteiger partial charge in [-0.25, -0.2) is 15.0 Å². The largest absolute Gasteiger partial charge is 0.387 e. The zero-order valence-electron chi connectivity index (χ0n) is 7.58. The Balaban J connectivity index is 2.34. The summed E-state index contributed by atoms with van der Waals surface area (Å²) in [4.78, 5) is 12.2. The predicted octanol–water partition coefficient (Wildman–Crippen LogP) is 1.65. The number of rotatable bonds is 2. The second-order valence-corrected chi connectivity index (χ2v) is 3.71. The van der Waals surface area contributed by atoms with Gasteiger partial charge in [0.1, 0.15) is 17.0 Å². The van der Waals surface area contributed by atoms with Crippen LogP contribution < -0.4 is 0 Å². The van der Waals surface area contributed by atoms with Crippen LogP contribution in [0.25, 0.3) is 10.7 Å². The molecule has 2 aromatic heterocycles. The van der Waals surface area contributed by atoms with Crippen molar-refractivity contribution in [2.45, 2.75) is 13.0 Å². The molecule has 1 N–H and O–H groups in total. The maximum absolute atomic E-state index is 9.30. The molecule has 0 bridgehead atoms. The molecule has 1 unspecified atom stereocenters. The van der Waals surface area contributed by atoms with E-state index in [1.165, 1.54) is 17.7 Å². The van der Waals surface area contributed by atoms with Gasteiger partial charge in [-0.15, -0.1) is 11.3 Å². The second kappa shape index (κ2) is 3.81. The number of hydrogen-bond donors (Lipinski definition) is 1. The van der Waals surface area contributed by atoms with E-state index in [-0.39, 0.29) is 0 Å². The van der Waals surface area contributed by atoms with Crippen molar-refractivity contribution in [3.63, 3.8) is 0 Å². The number of thiazole rings is 1. The molecule has 0 saturated carbocycles. The van der Waals surface area contributed by atoms with Gasteiger partial charge in [-0.05, 0) is 13.0 Å². The summed E-state index contributed by atoms with van der Waals surface area (Å²) >= 11 is 1.47. The van der Waals surface area contributed by atoms with Crippen molar-refractivity contribution in [2.75, 3.05) is 0 Å². The second-order valence-electron chi connectivity index (χ2n) is 2.85. The Bertz CT molecular complexity index is 413. The van der Waals surface area contributed by atoms with Gasteiger partial charge in [0.15, 0.2) is 0 Å². The lowest BCUT2D eigenvalue weighted by Crippen LogP contribution is -1.91. The number of aliphatic hydroxyl groups excluding tert-OH is 1. The monoisotopic (exact) mass is 207 g/mol. The summed E-state index contributed by atoms with van der Waals surface area (Å²) in [6.45, 7) is 1.69. The third kappa shape index (κ3) is 1.78. The van der Waals surface area contributed by atoms with Gasteiger partial charge in [0.25, 0.3) is 0 Å². The highest BCUT2D eigenvalue weighted by Crippen LogP contribution is 2.23. The van der Waals surface area contributed by atoms with Crippen LogP contribution in [0.1, 0.15) is 18.7 Å². The fourth-order valence-electron chi connectivity index (χ4n) is 1.01. The molecule has 2 heterocycles. The Kier molecular flexibility index (Phi) is 2.51. The lowest BCUT2D eigenvalue weighted by atomic mass is 10.3. The Hall–Kier alpha value is -1.33. The topological polar surface area (TPSA) is 58.9 Å². The molecule has 4 nitrogen and oxygen atoms in total. The van der Waals surface area contributed by atoms with Crippen LogP contribution >= 0.6 is 11.3 Å². The quantitative estimate of drug-likeness (QED) is 0.813. The normalized spacial score (nSPS) is 12.7. The van der Waals surface area contributed by atoms with Gasteiger partial charge in [0.05, 0.1) is 11.8 Å². The van der Waals surface area contributed by atoms with Gasteiger partial charge in [0, 0.05) is 11.6 Å². The number of aliphatic hydroxyl groups is 1. The van der Waals surface area contributed by atoms with Crippen molar-refractivity contribution in [3.05, 3.63) is 29.7 Å². The average Bonchev–Trinajstić information content (AvgIpc) is 2.68. The summed E-state index contributed by atoms with van der Waals surface area (Å²) in [6, 6.07) is 1.80. The van der Waals surface area contributed by atoms with E-state index in [0.29, 0.717) is 5.69 Å². The van der Waals surface area contributed by atoms with Crippen molar-refractivity contribution < 1.29 is 5.11 Å². The molecule has 1 atom stereocenters. The van der Waals surface area contributed by atoms with E-state index in [1.807, 2.05) is 5.38 Å². The molecule has 0 aliphatic carbocycles. The first-order valence-electron chi connectivity index (χ1n) is 4.17. The van der Waals surface area contributed by atoms with Crippen LogP contribution in [0.15, 0.2) is 24.0 Å². The summed E-state index contributed by atoms with van der Waals surface area (Å²) in [6.07, 6.45) is 2.63. The third-order valence-corrected chi connectivity index (χ3v) is 2.63. The highest BCUT2D eigenvalue weighted by atomic mass is 32.1. The summed E-state index contributed by atoms with van der Waals surface area (Å²) < 4.78 is 0. The summed E-state index contributed by atoms with van der Waals surface area (Å²) in [7, 11) is 0. The van der Waals surface area contributed by atoms with Crippen LogP contribution in [-0.4, -0.2) is 20.1 Å². The van der Waals surface area contributed by atoms with Crippen molar-refractivity contribution in [1.82, 2.24) is 15.0 Å². The van der Waals surface area contributed by atoms with E-state index in [4.69, 9.17) is 0 Å². The minimum Gasteiger partial charge on any atom is -0.387 e. The van der Waals surface area contributed by atoms with Gasteiger partial charge in [-0.1, -0.05) is 0 Å². The smallest absolute Gasteiger partial charge is 0.142 e. The highest BCUT2D eigenvalue weighted by Gasteiger charge is 2.08. The average molecular weight is 207 g/mol. The molecular weight excluding hydrogens is 198 g/mol. The molecule has 72 valence electrons. The van der Waals surface area contributed by atoms with Crippen LogP contribution in [0.4, 0.5) is 0 Å². The number of nitrogens with zero attached hydrogens (tertiary/aromatic N) is 3. The molecule has 0 aliphatic heterocycles. The minimum absolute atomic E-state index is 0.526. The van der Waals surface area contributed by atoms with Crippen molar-refractivity contribution >= 4 is 11.3 Å². The van der Waals surface area contributed by atoms with Crippen molar-refractivity contribution in [2.24, 2.45) is 0 Å². The molecule has 5 heteroatoms. The van der Waals surface area contributed by atoms with E-state index in [9.17, 15) is 5.11 Å². The minimum atomic E-state index is -0.526. The van der Waals surface area contributed by atoms with Gasteiger partial charge < -0.3 is 5.11 Å². The summed E-state index contributed by atoms with van der Waals surface area (Å²) in [5.41, 5.74) is 1.47. The molecule has 14 heavy (non-hydrogen) atoms. The van der Waals surface area contributed by atoms with E-state index in [2.05, 4.69) is 15.0 Å². The van der Waals surface area contributed by atoms with Gasteiger partial charge in [0.2, 0.25) is 0 Å². The van der Waals surface area contributed by atoms with E-state index in [1.54, 1.807) is 19.2 Å². The molecule has 0 radical (unpaired) electrons. The lowest BCUT2D eigenvalue weighted by Gasteiger charge is -1.96. The molecule has 0 aromatic carbocycles. The van der Waals surface area contributed by atoms with Gasteiger partial charge >= 0.3 is 0 Å². The van der Waals surface area contributed by atoms with Crippen LogP contribution in [0.3, 0.4) is 0 Å². The van der Waals surface area contributed by atoms with Gasteiger partial charge in [-0.3, -0.25) is 0 Å². The van der Waals surface area contributed by atoms with E-state index >= 15 is 0 Å². The first-order valence-corrected chi connectivity index (χ1v) is 5.05.